The SMILES string of the molecule is CCCNCc1cc(S(=O)(=O)N(CC)CC(C)C)c[nH]1. The van der Waals surface area contributed by atoms with Crippen molar-refractivity contribution in [2.75, 3.05) is 19.6 Å². The van der Waals surface area contributed by atoms with Crippen LogP contribution in [0.2, 0.25) is 0 Å². The molecule has 0 amide bonds. The minimum absolute atomic E-state index is 0.314. The van der Waals surface area contributed by atoms with Gasteiger partial charge in [-0.15, -0.1) is 0 Å². The molecule has 6 heteroatoms. The standard InChI is InChI=1S/C14H27N3O2S/c1-5-7-15-9-13-8-14(10-16-13)20(18,19)17(6-2)11-12(3)4/h8,10,12,15-16H,5-7,9,11H2,1-4H3. The van der Waals surface area contributed by atoms with Crippen LogP contribution in [0.15, 0.2) is 17.2 Å². The predicted octanol–water partition coefficient (Wildman–Crippen LogP) is 2.18. The van der Waals surface area contributed by atoms with Gasteiger partial charge in [-0.1, -0.05) is 27.7 Å². The molecule has 1 aromatic heterocycles. The molecule has 0 spiro atoms. The van der Waals surface area contributed by atoms with Gasteiger partial charge in [-0.25, -0.2) is 8.42 Å². The summed E-state index contributed by atoms with van der Waals surface area (Å²) >= 11 is 0. The first kappa shape index (κ1) is 17.2. The maximum absolute atomic E-state index is 12.5. The lowest BCUT2D eigenvalue weighted by molar-refractivity contribution is 0.381. The molecule has 0 atom stereocenters. The molecule has 1 aromatic rings. The molecule has 1 rings (SSSR count). The van der Waals surface area contributed by atoms with Crippen molar-refractivity contribution in [1.82, 2.24) is 14.6 Å². The molecule has 0 saturated carbocycles. The van der Waals surface area contributed by atoms with E-state index in [9.17, 15) is 8.42 Å². The molecule has 0 aliphatic rings. The Morgan fingerprint density at radius 1 is 1.35 bits per heavy atom. The first-order chi connectivity index (χ1) is 9.41. The lowest BCUT2D eigenvalue weighted by atomic mass is 10.2. The van der Waals surface area contributed by atoms with Crippen molar-refractivity contribution in [3.8, 4) is 0 Å². The Balaban J connectivity index is 2.81. The fraction of sp³-hybridized carbons (Fsp3) is 0.714. The van der Waals surface area contributed by atoms with Crippen LogP contribution in [0.25, 0.3) is 0 Å². The van der Waals surface area contributed by atoms with Crippen LogP contribution in [-0.4, -0.2) is 37.3 Å². The molecular formula is C14H27N3O2S. The number of rotatable bonds is 9. The first-order valence-electron chi connectivity index (χ1n) is 7.30. The molecule has 0 radical (unpaired) electrons. The van der Waals surface area contributed by atoms with Gasteiger partial charge in [-0.2, -0.15) is 4.31 Å². The van der Waals surface area contributed by atoms with Crippen LogP contribution in [0.3, 0.4) is 0 Å². The highest BCUT2D eigenvalue weighted by Gasteiger charge is 2.24. The molecule has 20 heavy (non-hydrogen) atoms. The second-order valence-electron chi connectivity index (χ2n) is 5.39. The molecule has 2 N–H and O–H groups in total. The van der Waals surface area contributed by atoms with Crippen LogP contribution in [0.5, 0.6) is 0 Å². The van der Waals surface area contributed by atoms with E-state index >= 15 is 0 Å². The highest BCUT2D eigenvalue weighted by Crippen LogP contribution is 2.18. The van der Waals surface area contributed by atoms with Crippen LogP contribution in [0.1, 0.15) is 39.8 Å². The second-order valence-corrected chi connectivity index (χ2v) is 7.32. The van der Waals surface area contributed by atoms with Crippen LogP contribution in [0, 0.1) is 5.92 Å². The van der Waals surface area contributed by atoms with Gasteiger partial charge >= 0.3 is 0 Å². The second kappa shape index (κ2) is 7.81. The zero-order valence-corrected chi connectivity index (χ0v) is 13.8. The largest absolute Gasteiger partial charge is 0.363 e. The minimum Gasteiger partial charge on any atom is -0.363 e. The smallest absolute Gasteiger partial charge is 0.244 e. The fourth-order valence-corrected chi connectivity index (χ4v) is 3.65. The molecule has 1 heterocycles. The number of aromatic nitrogens is 1. The highest BCUT2D eigenvalue weighted by atomic mass is 32.2. The third kappa shape index (κ3) is 4.61. The average Bonchev–Trinajstić information content (AvgIpc) is 2.85. The van der Waals surface area contributed by atoms with Gasteiger partial charge in [0.25, 0.3) is 0 Å². The monoisotopic (exact) mass is 301 g/mol. The van der Waals surface area contributed by atoms with E-state index in [0.29, 0.717) is 30.4 Å². The number of hydrogen-bond donors (Lipinski definition) is 2. The average molecular weight is 301 g/mol. The van der Waals surface area contributed by atoms with Crippen molar-refractivity contribution in [3.63, 3.8) is 0 Å². The highest BCUT2D eigenvalue weighted by molar-refractivity contribution is 7.89. The van der Waals surface area contributed by atoms with E-state index in [1.54, 1.807) is 12.3 Å². The summed E-state index contributed by atoms with van der Waals surface area (Å²) in [6, 6.07) is 1.72. The maximum Gasteiger partial charge on any atom is 0.244 e. The molecule has 0 aliphatic carbocycles. The Labute approximate surface area is 122 Å². The normalized spacial score (nSPS) is 12.5. The molecule has 0 saturated heterocycles. The van der Waals surface area contributed by atoms with Gasteiger partial charge < -0.3 is 10.3 Å². The Kier molecular flexibility index (Phi) is 6.71. The zero-order valence-electron chi connectivity index (χ0n) is 12.9. The van der Waals surface area contributed by atoms with E-state index in [1.165, 1.54) is 4.31 Å². The summed E-state index contributed by atoms with van der Waals surface area (Å²) in [5.74, 6) is 0.314. The molecular weight excluding hydrogens is 274 g/mol. The fourth-order valence-electron chi connectivity index (χ4n) is 2.02. The van der Waals surface area contributed by atoms with Gasteiger partial charge in [-0.05, 0) is 24.9 Å². The van der Waals surface area contributed by atoms with Gasteiger partial charge in [0.15, 0.2) is 0 Å². The van der Waals surface area contributed by atoms with Crippen molar-refractivity contribution in [2.24, 2.45) is 5.92 Å². The van der Waals surface area contributed by atoms with E-state index < -0.39 is 10.0 Å². The first-order valence-corrected chi connectivity index (χ1v) is 8.74. The van der Waals surface area contributed by atoms with Crippen LogP contribution >= 0.6 is 0 Å². The van der Waals surface area contributed by atoms with Gasteiger partial charge in [0.05, 0.1) is 4.90 Å². The predicted molar refractivity (Wildman–Crippen MR) is 82.1 cm³/mol. The summed E-state index contributed by atoms with van der Waals surface area (Å²) < 4.78 is 26.6. The summed E-state index contributed by atoms with van der Waals surface area (Å²) in [6.07, 6.45) is 2.64. The van der Waals surface area contributed by atoms with Crippen molar-refractivity contribution >= 4 is 10.0 Å². The topological polar surface area (TPSA) is 65.2 Å². The minimum atomic E-state index is -3.38. The van der Waals surface area contributed by atoms with Crippen molar-refractivity contribution in [2.45, 2.75) is 45.6 Å². The summed E-state index contributed by atoms with van der Waals surface area (Å²) in [5.41, 5.74) is 0.901. The molecule has 0 fully saturated rings. The van der Waals surface area contributed by atoms with Crippen LogP contribution < -0.4 is 5.32 Å². The number of hydrogen-bond acceptors (Lipinski definition) is 3. The quantitative estimate of drug-likeness (QED) is 0.687. The van der Waals surface area contributed by atoms with Crippen molar-refractivity contribution in [1.29, 1.82) is 0 Å². The number of sulfonamides is 1. The van der Waals surface area contributed by atoms with Gasteiger partial charge in [-0.3, -0.25) is 0 Å². The van der Waals surface area contributed by atoms with Gasteiger partial charge in [0.1, 0.15) is 0 Å². The number of nitrogens with zero attached hydrogens (tertiary/aromatic N) is 1. The summed E-state index contributed by atoms with van der Waals surface area (Å²) in [4.78, 5) is 3.39. The Bertz CT molecular complexity index is 494. The summed E-state index contributed by atoms with van der Waals surface area (Å²) in [5, 5.41) is 3.25. The Morgan fingerprint density at radius 2 is 2.05 bits per heavy atom. The van der Waals surface area contributed by atoms with Crippen LogP contribution in [-0.2, 0) is 16.6 Å². The van der Waals surface area contributed by atoms with Crippen molar-refractivity contribution < 1.29 is 8.42 Å². The summed E-state index contributed by atoms with van der Waals surface area (Å²) in [7, 11) is -3.38. The summed E-state index contributed by atoms with van der Waals surface area (Å²) in [6.45, 7) is 10.7. The van der Waals surface area contributed by atoms with Gasteiger partial charge in [0, 0.05) is 31.5 Å². The third-order valence-electron chi connectivity index (χ3n) is 3.02. The van der Waals surface area contributed by atoms with E-state index in [4.69, 9.17) is 0 Å². The molecule has 0 aromatic carbocycles. The number of H-pyrrole nitrogens is 1. The van der Waals surface area contributed by atoms with E-state index in [1.807, 2.05) is 20.8 Å². The molecule has 0 aliphatic heterocycles. The van der Waals surface area contributed by atoms with Gasteiger partial charge in [0.2, 0.25) is 10.0 Å². The molecule has 5 nitrogen and oxygen atoms in total. The molecule has 116 valence electrons. The maximum atomic E-state index is 12.5. The number of aromatic amines is 1. The van der Waals surface area contributed by atoms with Crippen LogP contribution in [0.4, 0.5) is 0 Å². The molecule has 0 unspecified atom stereocenters. The zero-order chi connectivity index (χ0) is 15.2. The van der Waals surface area contributed by atoms with E-state index in [0.717, 1.165) is 18.7 Å². The molecule has 0 bridgehead atoms. The lowest BCUT2D eigenvalue weighted by Gasteiger charge is -2.21. The van der Waals surface area contributed by atoms with E-state index in [2.05, 4.69) is 17.2 Å². The Morgan fingerprint density at radius 3 is 2.60 bits per heavy atom. The van der Waals surface area contributed by atoms with Crippen molar-refractivity contribution in [3.05, 3.63) is 18.0 Å². The van der Waals surface area contributed by atoms with E-state index in [-0.39, 0.29) is 0 Å². The Hall–Kier alpha value is -0.850. The number of nitrogens with one attached hydrogen (secondary N) is 2. The lowest BCUT2D eigenvalue weighted by Crippen LogP contribution is -2.33. The third-order valence-corrected chi connectivity index (χ3v) is 4.94.